The van der Waals surface area contributed by atoms with E-state index in [9.17, 15) is 0 Å². The average Bonchev–Trinajstić information content (AvgIpc) is 2.67. The minimum Gasteiger partial charge on any atom is -0.356 e. The predicted octanol–water partition coefficient (Wildman–Crippen LogP) is 3.38. The van der Waals surface area contributed by atoms with Gasteiger partial charge in [0, 0.05) is 21.0 Å². The van der Waals surface area contributed by atoms with Crippen molar-refractivity contribution in [3.8, 4) is 11.3 Å². The monoisotopic (exact) mass is 317 g/mol. The Balaban J connectivity index is 2.34. The Morgan fingerprint density at radius 2 is 2.00 bits per heavy atom. The van der Waals surface area contributed by atoms with Crippen LogP contribution < -0.4 is 0 Å². The Labute approximate surface area is 101 Å². The molecule has 2 aromatic rings. The van der Waals surface area contributed by atoms with Gasteiger partial charge in [0.25, 0.3) is 0 Å². The standard InChI is InChI=1S/C10H8INOS/c11-8-3-1-7(2-4-8)10-5-9(6-14)12-13-10/h1-5,14H,6H2. The number of halogens is 1. The Hall–Kier alpha value is -0.490. The topological polar surface area (TPSA) is 26.0 Å². The van der Waals surface area contributed by atoms with Gasteiger partial charge in [0.05, 0.1) is 5.69 Å². The van der Waals surface area contributed by atoms with Crippen molar-refractivity contribution in [2.75, 3.05) is 0 Å². The first kappa shape index (κ1) is 10.0. The van der Waals surface area contributed by atoms with Gasteiger partial charge in [-0.25, -0.2) is 0 Å². The quantitative estimate of drug-likeness (QED) is 0.679. The molecule has 0 unspecified atom stereocenters. The van der Waals surface area contributed by atoms with Crippen molar-refractivity contribution < 1.29 is 4.52 Å². The van der Waals surface area contributed by atoms with Gasteiger partial charge in [-0.15, -0.1) is 0 Å². The van der Waals surface area contributed by atoms with E-state index in [0.29, 0.717) is 5.75 Å². The number of aromatic nitrogens is 1. The van der Waals surface area contributed by atoms with E-state index in [1.165, 1.54) is 3.57 Å². The lowest BCUT2D eigenvalue weighted by Gasteiger charge is -1.94. The zero-order valence-electron chi connectivity index (χ0n) is 7.27. The second kappa shape index (κ2) is 4.35. The van der Waals surface area contributed by atoms with Crippen LogP contribution in [-0.2, 0) is 5.75 Å². The van der Waals surface area contributed by atoms with Crippen molar-refractivity contribution in [1.29, 1.82) is 0 Å². The first-order valence-corrected chi connectivity index (χ1v) is 5.83. The summed E-state index contributed by atoms with van der Waals surface area (Å²) < 4.78 is 6.39. The van der Waals surface area contributed by atoms with Crippen LogP contribution in [0.5, 0.6) is 0 Å². The Bertz CT molecular complexity index is 424. The van der Waals surface area contributed by atoms with Gasteiger partial charge < -0.3 is 4.52 Å². The number of thiol groups is 1. The molecule has 0 amide bonds. The first-order valence-electron chi connectivity index (χ1n) is 4.12. The smallest absolute Gasteiger partial charge is 0.167 e. The summed E-state index contributed by atoms with van der Waals surface area (Å²) in [6.45, 7) is 0. The highest BCUT2D eigenvalue weighted by Gasteiger charge is 2.04. The van der Waals surface area contributed by atoms with Crippen molar-refractivity contribution in [1.82, 2.24) is 5.16 Å². The zero-order valence-corrected chi connectivity index (χ0v) is 10.3. The fourth-order valence-electron chi connectivity index (χ4n) is 1.14. The van der Waals surface area contributed by atoms with E-state index in [1.807, 2.05) is 30.3 Å². The van der Waals surface area contributed by atoms with Crippen molar-refractivity contribution >= 4 is 35.2 Å². The van der Waals surface area contributed by atoms with E-state index in [4.69, 9.17) is 4.52 Å². The highest BCUT2D eigenvalue weighted by atomic mass is 127. The first-order chi connectivity index (χ1) is 6.79. The molecule has 0 aliphatic heterocycles. The van der Waals surface area contributed by atoms with Crippen molar-refractivity contribution in [2.24, 2.45) is 0 Å². The van der Waals surface area contributed by atoms with E-state index in [-0.39, 0.29) is 0 Å². The van der Waals surface area contributed by atoms with Gasteiger partial charge in [0.1, 0.15) is 0 Å². The van der Waals surface area contributed by atoms with Gasteiger partial charge in [0.15, 0.2) is 5.76 Å². The zero-order chi connectivity index (χ0) is 9.97. The summed E-state index contributed by atoms with van der Waals surface area (Å²) in [5, 5.41) is 3.88. The molecule has 0 saturated carbocycles. The van der Waals surface area contributed by atoms with Gasteiger partial charge >= 0.3 is 0 Å². The molecule has 0 atom stereocenters. The second-order valence-electron chi connectivity index (χ2n) is 2.85. The van der Waals surface area contributed by atoms with E-state index in [2.05, 4.69) is 40.4 Å². The van der Waals surface area contributed by atoms with Gasteiger partial charge in [0.2, 0.25) is 0 Å². The third kappa shape index (κ3) is 2.12. The summed E-state index contributed by atoms with van der Waals surface area (Å²) in [7, 11) is 0. The summed E-state index contributed by atoms with van der Waals surface area (Å²) in [4.78, 5) is 0. The summed E-state index contributed by atoms with van der Waals surface area (Å²) in [6.07, 6.45) is 0. The molecule has 0 aliphatic rings. The Kier molecular flexibility index (Phi) is 3.12. The minimum atomic E-state index is 0.605. The lowest BCUT2D eigenvalue weighted by molar-refractivity contribution is 0.426. The molecule has 4 heteroatoms. The number of hydrogen-bond acceptors (Lipinski definition) is 3. The van der Waals surface area contributed by atoms with E-state index < -0.39 is 0 Å². The molecule has 0 fully saturated rings. The summed E-state index contributed by atoms with van der Waals surface area (Å²) >= 11 is 6.40. The van der Waals surface area contributed by atoms with Gasteiger partial charge in [-0.1, -0.05) is 17.3 Å². The SMILES string of the molecule is SCc1cc(-c2ccc(I)cc2)on1. The molecular formula is C10H8INOS. The second-order valence-corrected chi connectivity index (χ2v) is 4.41. The molecule has 1 aromatic heterocycles. The normalized spacial score (nSPS) is 10.4. The molecule has 2 nitrogen and oxygen atoms in total. The largest absolute Gasteiger partial charge is 0.356 e. The molecule has 1 aromatic carbocycles. The number of benzene rings is 1. The van der Waals surface area contributed by atoms with Crippen LogP contribution >= 0.6 is 35.2 Å². The van der Waals surface area contributed by atoms with Gasteiger partial charge in [-0.3, -0.25) is 0 Å². The molecule has 0 saturated heterocycles. The van der Waals surface area contributed by atoms with Crippen LogP contribution in [-0.4, -0.2) is 5.16 Å². The maximum absolute atomic E-state index is 5.18. The average molecular weight is 317 g/mol. The molecule has 0 N–H and O–H groups in total. The third-order valence-electron chi connectivity index (χ3n) is 1.85. The van der Waals surface area contributed by atoms with E-state index in [1.54, 1.807) is 0 Å². The van der Waals surface area contributed by atoms with Crippen LogP contribution in [0.4, 0.5) is 0 Å². The van der Waals surface area contributed by atoms with Crippen LogP contribution in [0.2, 0.25) is 0 Å². The summed E-state index contributed by atoms with van der Waals surface area (Å²) in [6, 6.07) is 10.0. The van der Waals surface area contributed by atoms with E-state index in [0.717, 1.165) is 17.0 Å². The molecular weight excluding hydrogens is 309 g/mol. The molecule has 0 spiro atoms. The summed E-state index contributed by atoms with van der Waals surface area (Å²) in [5.41, 5.74) is 1.91. The van der Waals surface area contributed by atoms with Crippen molar-refractivity contribution in [3.05, 3.63) is 39.6 Å². The number of nitrogens with zero attached hydrogens (tertiary/aromatic N) is 1. The lowest BCUT2D eigenvalue weighted by atomic mass is 10.2. The third-order valence-corrected chi connectivity index (χ3v) is 2.89. The van der Waals surface area contributed by atoms with Crippen LogP contribution in [0.25, 0.3) is 11.3 Å². The Morgan fingerprint density at radius 1 is 1.29 bits per heavy atom. The maximum Gasteiger partial charge on any atom is 0.167 e. The van der Waals surface area contributed by atoms with Gasteiger partial charge in [-0.05, 0) is 34.7 Å². The van der Waals surface area contributed by atoms with Crippen LogP contribution in [0.1, 0.15) is 5.69 Å². The molecule has 0 bridgehead atoms. The molecule has 2 rings (SSSR count). The number of rotatable bonds is 2. The van der Waals surface area contributed by atoms with Crippen LogP contribution in [0.15, 0.2) is 34.9 Å². The Morgan fingerprint density at radius 3 is 2.57 bits per heavy atom. The predicted molar refractivity (Wildman–Crippen MR) is 67.3 cm³/mol. The molecule has 0 radical (unpaired) electrons. The highest BCUT2D eigenvalue weighted by molar-refractivity contribution is 14.1. The molecule has 72 valence electrons. The van der Waals surface area contributed by atoms with Crippen LogP contribution in [0, 0.1) is 3.57 Å². The van der Waals surface area contributed by atoms with Gasteiger partial charge in [-0.2, -0.15) is 12.6 Å². The van der Waals surface area contributed by atoms with Crippen molar-refractivity contribution in [2.45, 2.75) is 5.75 Å². The molecule has 1 heterocycles. The van der Waals surface area contributed by atoms with E-state index >= 15 is 0 Å². The molecule has 14 heavy (non-hydrogen) atoms. The van der Waals surface area contributed by atoms with Crippen LogP contribution in [0.3, 0.4) is 0 Å². The fourth-order valence-corrected chi connectivity index (χ4v) is 1.65. The lowest BCUT2D eigenvalue weighted by Crippen LogP contribution is -1.74. The molecule has 0 aliphatic carbocycles. The summed E-state index contributed by atoms with van der Waals surface area (Å²) in [5.74, 6) is 1.40. The number of hydrogen-bond donors (Lipinski definition) is 1. The minimum absolute atomic E-state index is 0.605. The fraction of sp³-hybridized carbons (Fsp3) is 0.100. The highest BCUT2D eigenvalue weighted by Crippen LogP contribution is 2.21. The van der Waals surface area contributed by atoms with Crippen molar-refractivity contribution in [3.63, 3.8) is 0 Å². The maximum atomic E-state index is 5.18.